The maximum atomic E-state index is 7.38. The summed E-state index contributed by atoms with van der Waals surface area (Å²) in [5, 5.41) is 0. The number of rotatable bonds is 16. The Kier molecular flexibility index (Phi) is 9.65. The van der Waals surface area contributed by atoms with Gasteiger partial charge in [0.1, 0.15) is 5.60 Å². The molecule has 0 bridgehead atoms. The van der Waals surface area contributed by atoms with Gasteiger partial charge in [0.25, 0.3) is 0 Å². The van der Waals surface area contributed by atoms with Crippen molar-refractivity contribution >= 4 is 0 Å². The Morgan fingerprint density at radius 2 is 0.865 bits per heavy atom. The summed E-state index contributed by atoms with van der Waals surface area (Å²) in [5.41, 5.74) is 4.16. The van der Waals surface area contributed by atoms with E-state index in [4.69, 9.17) is 4.74 Å². The van der Waals surface area contributed by atoms with Crippen molar-refractivity contribution in [3.8, 4) is 0 Å². The molecule has 0 aliphatic carbocycles. The van der Waals surface area contributed by atoms with Gasteiger partial charge in [-0.3, -0.25) is 0 Å². The van der Waals surface area contributed by atoms with E-state index in [1.165, 1.54) is 68.1 Å². The van der Waals surface area contributed by atoms with Crippen molar-refractivity contribution in [2.75, 3.05) is 0 Å². The third-order valence-electron chi connectivity index (χ3n) is 8.83. The van der Waals surface area contributed by atoms with Crippen LogP contribution in [0.15, 0.2) is 91.0 Å². The van der Waals surface area contributed by atoms with Gasteiger partial charge in [-0.1, -0.05) is 150 Å². The minimum Gasteiger partial charge on any atom is -0.362 e. The Balaban J connectivity index is 1.89. The molecule has 1 saturated heterocycles. The Bertz CT molecular complexity index is 932. The van der Waals surface area contributed by atoms with E-state index in [0.29, 0.717) is 0 Å². The highest BCUT2D eigenvalue weighted by molar-refractivity contribution is 5.33. The zero-order valence-electron chi connectivity index (χ0n) is 23.6. The number of benzene rings is 3. The zero-order chi connectivity index (χ0) is 26.0. The monoisotopic (exact) mass is 496 g/mol. The molecular weight excluding hydrogens is 448 g/mol. The molecule has 1 heteroatoms. The molecule has 37 heavy (non-hydrogen) atoms. The van der Waals surface area contributed by atoms with Crippen LogP contribution in [-0.4, -0.2) is 11.2 Å². The van der Waals surface area contributed by atoms with E-state index in [1.54, 1.807) is 0 Å². The number of hydrogen-bond acceptors (Lipinski definition) is 1. The fraction of sp³-hybridized carbons (Fsp3) is 0.500. The SMILES string of the molecule is CCCCC1(CCCC)OC1(CCCC)C(Cc1ccccc1)(Cc1ccccc1)Cc1ccccc1. The molecule has 1 nitrogen and oxygen atoms in total. The van der Waals surface area contributed by atoms with Crippen LogP contribution in [0.2, 0.25) is 0 Å². The quantitative estimate of drug-likeness (QED) is 0.180. The summed E-state index contributed by atoms with van der Waals surface area (Å²) in [6.45, 7) is 6.99. The highest BCUT2D eigenvalue weighted by Gasteiger charge is 2.75. The van der Waals surface area contributed by atoms with Crippen molar-refractivity contribution in [1.82, 2.24) is 0 Å². The number of epoxide rings is 1. The summed E-state index contributed by atoms with van der Waals surface area (Å²) in [4.78, 5) is 0. The minimum absolute atomic E-state index is 0.00741. The first-order valence-corrected chi connectivity index (χ1v) is 14.9. The van der Waals surface area contributed by atoms with E-state index in [-0.39, 0.29) is 16.6 Å². The molecule has 0 radical (unpaired) electrons. The normalized spacial score (nSPS) is 18.6. The van der Waals surface area contributed by atoms with Crippen LogP contribution in [0.1, 0.15) is 95.2 Å². The summed E-state index contributed by atoms with van der Waals surface area (Å²) < 4.78 is 7.38. The lowest BCUT2D eigenvalue weighted by Gasteiger charge is -2.43. The van der Waals surface area contributed by atoms with Crippen LogP contribution in [0.4, 0.5) is 0 Å². The van der Waals surface area contributed by atoms with E-state index in [2.05, 4.69) is 112 Å². The summed E-state index contributed by atoms with van der Waals surface area (Å²) in [7, 11) is 0. The Morgan fingerprint density at radius 1 is 0.514 bits per heavy atom. The second-order valence-electron chi connectivity index (χ2n) is 11.5. The summed E-state index contributed by atoms with van der Waals surface area (Å²) in [5.74, 6) is 0. The van der Waals surface area contributed by atoms with Crippen molar-refractivity contribution < 1.29 is 4.74 Å². The highest BCUT2D eigenvalue weighted by Crippen LogP contribution is 2.67. The van der Waals surface area contributed by atoms with Crippen LogP contribution in [0.5, 0.6) is 0 Å². The highest BCUT2D eigenvalue weighted by atomic mass is 16.6. The standard InChI is InChI=1S/C36H48O/c1-4-7-25-35(26-8-5-2)36(37-35,27-9-6-3)34(28-31-19-13-10-14-20-31,29-32-21-15-11-16-22-32)30-33-23-17-12-18-24-33/h10-24H,4-9,25-30H2,1-3H3. The third kappa shape index (κ3) is 6.20. The van der Waals surface area contributed by atoms with Gasteiger partial charge in [0.15, 0.2) is 0 Å². The van der Waals surface area contributed by atoms with E-state index in [0.717, 1.165) is 25.7 Å². The molecule has 3 aromatic rings. The van der Waals surface area contributed by atoms with Gasteiger partial charge in [0.05, 0.1) is 5.60 Å². The van der Waals surface area contributed by atoms with Crippen LogP contribution < -0.4 is 0 Å². The Hall–Kier alpha value is -2.38. The molecule has 1 aliphatic rings. The molecule has 0 saturated carbocycles. The van der Waals surface area contributed by atoms with Crippen molar-refractivity contribution in [1.29, 1.82) is 0 Å². The molecule has 198 valence electrons. The first-order valence-electron chi connectivity index (χ1n) is 14.9. The summed E-state index contributed by atoms with van der Waals surface area (Å²) in [6, 6.07) is 33.7. The van der Waals surface area contributed by atoms with Crippen LogP contribution >= 0.6 is 0 Å². The lowest BCUT2D eigenvalue weighted by atomic mass is 9.58. The Morgan fingerprint density at radius 3 is 1.22 bits per heavy atom. The average molecular weight is 497 g/mol. The van der Waals surface area contributed by atoms with Gasteiger partial charge in [-0.05, 0) is 55.2 Å². The fourth-order valence-electron chi connectivity index (χ4n) is 7.00. The topological polar surface area (TPSA) is 12.5 Å². The van der Waals surface area contributed by atoms with Gasteiger partial charge in [-0.2, -0.15) is 0 Å². The smallest absolute Gasteiger partial charge is 0.104 e. The van der Waals surface area contributed by atoms with Crippen LogP contribution in [-0.2, 0) is 24.0 Å². The van der Waals surface area contributed by atoms with E-state index in [9.17, 15) is 0 Å². The number of unbranched alkanes of at least 4 members (excludes halogenated alkanes) is 3. The largest absolute Gasteiger partial charge is 0.362 e. The first kappa shape index (κ1) is 27.6. The third-order valence-corrected chi connectivity index (χ3v) is 8.83. The molecule has 0 N–H and O–H groups in total. The van der Waals surface area contributed by atoms with Crippen molar-refractivity contribution in [3.05, 3.63) is 108 Å². The number of ether oxygens (including phenoxy) is 1. The van der Waals surface area contributed by atoms with E-state index < -0.39 is 0 Å². The van der Waals surface area contributed by atoms with Gasteiger partial charge >= 0.3 is 0 Å². The molecule has 1 atom stereocenters. The van der Waals surface area contributed by atoms with Gasteiger partial charge in [-0.15, -0.1) is 0 Å². The lowest BCUT2D eigenvalue weighted by Crippen LogP contribution is -2.49. The number of hydrogen-bond donors (Lipinski definition) is 0. The molecular formula is C36H48O. The van der Waals surface area contributed by atoms with Crippen LogP contribution in [0.3, 0.4) is 0 Å². The van der Waals surface area contributed by atoms with Gasteiger partial charge in [0.2, 0.25) is 0 Å². The molecule has 1 heterocycles. The molecule has 1 unspecified atom stereocenters. The van der Waals surface area contributed by atoms with E-state index >= 15 is 0 Å². The van der Waals surface area contributed by atoms with Gasteiger partial charge in [0, 0.05) is 5.41 Å². The summed E-state index contributed by atoms with van der Waals surface area (Å²) >= 11 is 0. The maximum Gasteiger partial charge on any atom is 0.104 e. The molecule has 1 fully saturated rings. The molecule has 4 rings (SSSR count). The van der Waals surface area contributed by atoms with Crippen molar-refractivity contribution in [3.63, 3.8) is 0 Å². The predicted octanol–water partition coefficient (Wildman–Crippen LogP) is 9.78. The average Bonchev–Trinajstić information content (AvgIpc) is 3.60. The van der Waals surface area contributed by atoms with Crippen LogP contribution in [0, 0.1) is 5.41 Å². The molecule has 1 aliphatic heterocycles. The zero-order valence-corrected chi connectivity index (χ0v) is 23.6. The first-order chi connectivity index (χ1) is 18.1. The van der Waals surface area contributed by atoms with Crippen molar-refractivity contribution in [2.45, 2.75) is 109 Å². The lowest BCUT2D eigenvalue weighted by molar-refractivity contribution is 0.0871. The molecule has 0 aromatic heterocycles. The van der Waals surface area contributed by atoms with Crippen LogP contribution in [0.25, 0.3) is 0 Å². The second-order valence-corrected chi connectivity index (χ2v) is 11.5. The fourth-order valence-corrected chi connectivity index (χ4v) is 7.00. The summed E-state index contributed by atoms with van der Waals surface area (Å²) in [6.07, 6.45) is 14.0. The van der Waals surface area contributed by atoms with Gasteiger partial charge < -0.3 is 4.74 Å². The second kappa shape index (κ2) is 12.9. The molecule has 3 aromatic carbocycles. The molecule has 0 spiro atoms. The molecule has 0 amide bonds. The van der Waals surface area contributed by atoms with E-state index in [1.807, 2.05) is 0 Å². The van der Waals surface area contributed by atoms with Gasteiger partial charge in [-0.25, -0.2) is 0 Å². The minimum atomic E-state index is -0.109. The van der Waals surface area contributed by atoms with Crippen molar-refractivity contribution in [2.24, 2.45) is 5.41 Å². The predicted molar refractivity (Wildman–Crippen MR) is 158 cm³/mol. The Labute approximate surface area is 226 Å². The maximum absolute atomic E-state index is 7.38.